The molecule has 1 fully saturated rings. The summed E-state index contributed by atoms with van der Waals surface area (Å²) >= 11 is 5.97. The third kappa shape index (κ3) is 7.19. The minimum atomic E-state index is -3.45. The van der Waals surface area contributed by atoms with E-state index in [1.165, 1.54) is 4.31 Å². The summed E-state index contributed by atoms with van der Waals surface area (Å²) in [5.74, 6) is 0.509. The molecule has 1 heterocycles. The van der Waals surface area contributed by atoms with Crippen LogP contribution in [0.2, 0.25) is 5.02 Å². The lowest BCUT2D eigenvalue weighted by Crippen LogP contribution is -2.43. The number of piperidine rings is 1. The van der Waals surface area contributed by atoms with Crippen LogP contribution in [0.3, 0.4) is 0 Å². The van der Waals surface area contributed by atoms with E-state index in [1.807, 2.05) is 18.2 Å². The Labute approximate surface area is 202 Å². The van der Waals surface area contributed by atoms with Crippen molar-refractivity contribution in [3.05, 3.63) is 64.7 Å². The fraction of sp³-hybridized carbons (Fsp3) is 0.480. The van der Waals surface area contributed by atoms with Crippen molar-refractivity contribution in [2.75, 3.05) is 26.2 Å². The van der Waals surface area contributed by atoms with Gasteiger partial charge in [-0.25, -0.2) is 12.7 Å². The minimum absolute atomic E-state index is 0.0269. The predicted octanol–water partition coefficient (Wildman–Crippen LogP) is 4.37. The highest BCUT2D eigenvalue weighted by molar-refractivity contribution is 7.88. The van der Waals surface area contributed by atoms with Crippen LogP contribution in [0, 0.1) is 5.92 Å². The number of hydrogen-bond donors (Lipinski definition) is 1. The van der Waals surface area contributed by atoms with Crippen molar-refractivity contribution in [3.63, 3.8) is 0 Å². The summed E-state index contributed by atoms with van der Waals surface area (Å²) in [6.45, 7) is 7.89. The van der Waals surface area contributed by atoms with Crippen molar-refractivity contribution in [3.8, 4) is 5.75 Å². The molecule has 33 heavy (non-hydrogen) atoms. The molecule has 0 bridgehead atoms. The molecule has 3 rings (SSSR count). The van der Waals surface area contributed by atoms with Gasteiger partial charge >= 0.3 is 0 Å². The highest BCUT2D eigenvalue weighted by atomic mass is 35.5. The number of nitrogens with one attached hydrogen (secondary N) is 1. The Balaban J connectivity index is 1.43. The number of rotatable bonds is 8. The van der Waals surface area contributed by atoms with Crippen LogP contribution in [0.5, 0.6) is 5.75 Å². The zero-order valence-electron chi connectivity index (χ0n) is 19.5. The fourth-order valence-corrected chi connectivity index (χ4v) is 5.78. The molecule has 1 aliphatic heterocycles. The van der Waals surface area contributed by atoms with Crippen LogP contribution >= 0.6 is 11.6 Å². The Morgan fingerprint density at radius 1 is 1.12 bits per heavy atom. The lowest BCUT2D eigenvalue weighted by Gasteiger charge is -2.30. The Morgan fingerprint density at radius 2 is 1.82 bits per heavy atom. The molecule has 6 nitrogen and oxygen atoms in total. The molecule has 2 aromatic carbocycles. The van der Waals surface area contributed by atoms with E-state index >= 15 is 0 Å². The number of carbonyl (C=O) groups is 1. The largest absolute Gasteiger partial charge is 0.491 e. The molecule has 1 amide bonds. The van der Waals surface area contributed by atoms with Gasteiger partial charge in [-0.1, -0.05) is 62.7 Å². The average Bonchev–Trinajstić information content (AvgIpc) is 2.76. The molecule has 0 radical (unpaired) electrons. The molecule has 0 spiro atoms. The van der Waals surface area contributed by atoms with Crippen LogP contribution in [0.1, 0.15) is 44.7 Å². The van der Waals surface area contributed by atoms with Gasteiger partial charge in [0.05, 0.1) is 12.3 Å². The smallest absolute Gasteiger partial charge is 0.223 e. The van der Waals surface area contributed by atoms with E-state index in [0.29, 0.717) is 49.7 Å². The van der Waals surface area contributed by atoms with Crippen LogP contribution in [-0.4, -0.2) is 44.9 Å². The quantitative estimate of drug-likeness (QED) is 0.555. The van der Waals surface area contributed by atoms with Crippen LogP contribution in [0.15, 0.2) is 48.5 Å². The van der Waals surface area contributed by atoms with E-state index < -0.39 is 10.0 Å². The molecule has 0 atom stereocenters. The monoisotopic (exact) mass is 492 g/mol. The molecule has 8 heteroatoms. The average molecular weight is 493 g/mol. The van der Waals surface area contributed by atoms with Gasteiger partial charge in [0.25, 0.3) is 0 Å². The summed E-state index contributed by atoms with van der Waals surface area (Å²) < 4.78 is 32.9. The highest BCUT2D eigenvalue weighted by Crippen LogP contribution is 2.30. The predicted molar refractivity (Wildman–Crippen MR) is 132 cm³/mol. The fourth-order valence-electron chi connectivity index (χ4n) is 4.02. The number of para-hydroxylation sites is 1. The summed E-state index contributed by atoms with van der Waals surface area (Å²) in [6, 6.07) is 14.8. The van der Waals surface area contributed by atoms with E-state index in [4.69, 9.17) is 16.3 Å². The van der Waals surface area contributed by atoms with Crippen molar-refractivity contribution < 1.29 is 17.9 Å². The summed E-state index contributed by atoms with van der Waals surface area (Å²) in [7, 11) is -3.45. The minimum Gasteiger partial charge on any atom is -0.491 e. The van der Waals surface area contributed by atoms with Gasteiger partial charge in [0, 0.05) is 24.0 Å². The molecule has 0 unspecified atom stereocenters. The van der Waals surface area contributed by atoms with Crippen LogP contribution < -0.4 is 10.1 Å². The molecule has 0 aromatic heterocycles. The number of benzene rings is 2. The lowest BCUT2D eigenvalue weighted by atomic mass is 9.86. The van der Waals surface area contributed by atoms with Gasteiger partial charge in [0.15, 0.2) is 0 Å². The Hall–Kier alpha value is -2.09. The van der Waals surface area contributed by atoms with Crippen molar-refractivity contribution >= 4 is 27.5 Å². The van der Waals surface area contributed by atoms with Crippen LogP contribution in [-0.2, 0) is 26.0 Å². The maximum atomic E-state index is 12.8. The summed E-state index contributed by atoms with van der Waals surface area (Å²) in [6.07, 6.45) is 1.02. The summed E-state index contributed by atoms with van der Waals surface area (Å²) in [5.41, 5.74) is 1.76. The number of ether oxygens (including phenoxy) is 1. The second kappa shape index (κ2) is 10.9. The third-order valence-electron chi connectivity index (χ3n) is 5.81. The molecule has 2 aromatic rings. The van der Waals surface area contributed by atoms with Gasteiger partial charge in [-0.05, 0) is 47.6 Å². The highest BCUT2D eigenvalue weighted by Gasteiger charge is 2.31. The second-order valence-electron chi connectivity index (χ2n) is 9.45. The normalized spacial score (nSPS) is 15.9. The van der Waals surface area contributed by atoms with Gasteiger partial charge in [0.2, 0.25) is 15.9 Å². The topological polar surface area (TPSA) is 75.7 Å². The summed E-state index contributed by atoms with van der Waals surface area (Å²) in [5, 5.41) is 3.45. The van der Waals surface area contributed by atoms with E-state index in [1.54, 1.807) is 24.3 Å². The first-order valence-electron chi connectivity index (χ1n) is 11.3. The molecular formula is C25H33ClN2O4S. The van der Waals surface area contributed by atoms with Crippen molar-refractivity contribution in [1.29, 1.82) is 0 Å². The standard InChI is InChI=1S/C25H33ClN2O4S/c1-25(2,3)22-9-4-5-10-23(22)32-16-13-27-24(29)20-11-14-28(15-12-20)33(30,31)18-19-7-6-8-21(26)17-19/h4-10,17,20H,11-16,18H2,1-3H3,(H,27,29). The number of amides is 1. The summed E-state index contributed by atoms with van der Waals surface area (Å²) in [4.78, 5) is 12.6. The first-order valence-corrected chi connectivity index (χ1v) is 13.3. The zero-order chi connectivity index (χ0) is 24.1. The van der Waals surface area contributed by atoms with Gasteiger partial charge in [-0.2, -0.15) is 0 Å². The number of sulfonamides is 1. The molecular weight excluding hydrogens is 460 g/mol. The van der Waals surface area contributed by atoms with Crippen LogP contribution in [0.25, 0.3) is 0 Å². The zero-order valence-corrected chi connectivity index (χ0v) is 21.1. The van der Waals surface area contributed by atoms with Crippen molar-refractivity contribution in [2.24, 2.45) is 5.92 Å². The maximum Gasteiger partial charge on any atom is 0.223 e. The molecule has 0 aliphatic carbocycles. The van der Waals surface area contributed by atoms with Crippen molar-refractivity contribution in [1.82, 2.24) is 9.62 Å². The lowest BCUT2D eigenvalue weighted by molar-refractivity contribution is -0.126. The molecule has 180 valence electrons. The van der Waals surface area contributed by atoms with E-state index in [0.717, 1.165) is 11.3 Å². The number of hydrogen-bond acceptors (Lipinski definition) is 4. The van der Waals surface area contributed by atoms with Crippen molar-refractivity contribution in [2.45, 2.75) is 44.8 Å². The van der Waals surface area contributed by atoms with Crippen LogP contribution in [0.4, 0.5) is 0 Å². The van der Waals surface area contributed by atoms with Gasteiger partial charge in [-0.15, -0.1) is 0 Å². The van der Waals surface area contributed by atoms with E-state index in [-0.39, 0.29) is 23.0 Å². The van der Waals surface area contributed by atoms with Gasteiger partial charge in [-0.3, -0.25) is 4.79 Å². The second-order valence-corrected chi connectivity index (χ2v) is 11.9. The Kier molecular flexibility index (Phi) is 8.43. The van der Waals surface area contributed by atoms with Gasteiger partial charge < -0.3 is 10.1 Å². The number of halogens is 1. The van der Waals surface area contributed by atoms with E-state index in [2.05, 4.69) is 32.2 Å². The molecule has 1 aliphatic rings. The molecule has 0 saturated carbocycles. The first-order chi connectivity index (χ1) is 15.6. The number of carbonyl (C=O) groups excluding carboxylic acids is 1. The maximum absolute atomic E-state index is 12.8. The van der Waals surface area contributed by atoms with Gasteiger partial charge in [0.1, 0.15) is 12.4 Å². The molecule has 1 saturated heterocycles. The molecule has 1 N–H and O–H groups in total. The SMILES string of the molecule is CC(C)(C)c1ccccc1OCCNC(=O)C1CCN(S(=O)(=O)Cc2cccc(Cl)c2)CC1. The Bertz CT molecular complexity index is 1060. The Morgan fingerprint density at radius 3 is 2.48 bits per heavy atom. The van der Waals surface area contributed by atoms with E-state index in [9.17, 15) is 13.2 Å². The number of nitrogens with zero attached hydrogens (tertiary/aromatic N) is 1. The third-order valence-corrected chi connectivity index (χ3v) is 7.90. The first kappa shape index (κ1) is 25.5.